The molecule has 6 heteroatoms. The van der Waals surface area contributed by atoms with E-state index in [-0.39, 0.29) is 23.3 Å². The van der Waals surface area contributed by atoms with E-state index in [1.54, 1.807) is 0 Å². The second-order valence-corrected chi connectivity index (χ2v) is 9.10. The van der Waals surface area contributed by atoms with Gasteiger partial charge in [0.2, 0.25) is 5.91 Å². The van der Waals surface area contributed by atoms with Crippen LogP contribution in [0.15, 0.2) is 0 Å². The van der Waals surface area contributed by atoms with Gasteiger partial charge in [-0.2, -0.15) is 0 Å². The fourth-order valence-corrected chi connectivity index (χ4v) is 6.66. The van der Waals surface area contributed by atoms with Crippen LogP contribution < -0.4 is 5.73 Å². The van der Waals surface area contributed by atoms with Crippen LogP contribution in [0.1, 0.15) is 64.7 Å². The van der Waals surface area contributed by atoms with E-state index in [1.165, 1.54) is 6.42 Å². The number of aliphatic hydroxyl groups is 1. The molecular formula is C19H32N2O4. The smallest absolute Gasteiger partial charge is 0.290 e. The van der Waals surface area contributed by atoms with E-state index in [1.807, 2.05) is 0 Å². The predicted octanol–water partition coefficient (Wildman–Crippen LogP) is 1.75. The number of rotatable bonds is 2. The van der Waals surface area contributed by atoms with Crippen molar-refractivity contribution in [2.75, 3.05) is 13.1 Å². The van der Waals surface area contributed by atoms with Crippen molar-refractivity contribution in [1.82, 2.24) is 4.90 Å². The summed E-state index contributed by atoms with van der Waals surface area (Å²) in [6.07, 6.45) is 8.76. The number of nitrogens with two attached hydrogens (primary N) is 1. The number of hydrogen-bond acceptors (Lipinski definition) is 4. The Morgan fingerprint density at radius 1 is 1.20 bits per heavy atom. The number of likely N-dealkylation sites (tertiary alicyclic amines) is 1. The Morgan fingerprint density at radius 3 is 2.40 bits per heavy atom. The Labute approximate surface area is 149 Å². The Balaban J connectivity index is 0.000000569. The van der Waals surface area contributed by atoms with Crippen LogP contribution in [-0.2, 0) is 9.59 Å². The first-order valence-corrected chi connectivity index (χ1v) is 9.64. The summed E-state index contributed by atoms with van der Waals surface area (Å²) >= 11 is 0. The zero-order valence-corrected chi connectivity index (χ0v) is 15.2. The lowest BCUT2D eigenvalue weighted by Crippen LogP contribution is -2.64. The second kappa shape index (κ2) is 6.54. The molecular weight excluding hydrogens is 320 g/mol. The Kier molecular flexibility index (Phi) is 4.88. The van der Waals surface area contributed by atoms with Crippen LogP contribution in [0.25, 0.3) is 0 Å². The van der Waals surface area contributed by atoms with Gasteiger partial charge in [-0.05, 0) is 62.7 Å². The molecule has 4 unspecified atom stereocenters. The lowest BCUT2D eigenvalue weighted by molar-refractivity contribution is -0.210. The average Bonchev–Trinajstić information content (AvgIpc) is 2.53. The molecule has 4 atom stereocenters. The highest BCUT2D eigenvalue weighted by Crippen LogP contribution is 2.68. The Morgan fingerprint density at radius 2 is 1.84 bits per heavy atom. The van der Waals surface area contributed by atoms with Crippen molar-refractivity contribution in [3.05, 3.63) is 0 Å². The first kappa shape index (κ1) is 18.6. The fourth-order valence-electron chi connectivity index (χ4n) is 6.66. The van der Waals surface area contributed by atoms with Gasteiger partial charge in [-0.25, -0.2) is 0 Å². The molecule has 4 saturated carbocycles. The minimum Gasteiger partial charge on any atom is -0.483 e. The quantitative estimate of drug-likeness (QED) is 0.657. The molecule has 0 aromatic rings. The summed E-state index contributed by atoms with van der Waals surface area (Å²) in [6.45, 7) is 3.61. The van der Waals surface area contributed by atoms with Gasteiger partial charge in [0.1, 0.15) is 0 Å². The van der Waals surface area contributed by atoms with E-state index < -0.39 is 5.60 Å². The summed E-state index contributed by atoms with van der Waals surface area (Å²) in [7, 11) is 0. The van der Waals surface area contributed by atoms with E-state index in [2.05, 4.69) is 11.8 Å². The average molecular weight is 352 g/mol. The minimum absolute atomic E-state index is 0.218. The highest BCUT2D eigenvalue weighted by atomic mass is 16.3. The second-order valence-electron chi connectivity index (χ2n) is 9.10. The third-order valence-electron chi connectivity index (χ3n) is 7.19. The maximum absolute atomic E-state index is 13.3. The van der Waals surface area contributed by atoms with Crippen LogP contribution >= 0.6 is 0 Å². The molecule has 1 heterocycles. The molecule has 0 aromatic heterocycles. The van der Waals surface area contributed by atoms with Gasteiger partial charge < -0.3 is 20.8 Å². The number of nitrogens with zero attached hydrogens (tertiary/aromatic N) is 1. The van der Waals surface area contributed by atoms with Gasteiger partial charge in [0.15, 0.2) is 0 Å². The summed E-state index contributed by atoms with van der Waals surface area (Å²) in [6, 6.07) is 0.256. The first-order chi connectivity index (χ1) is 11.8. The van der Waals surface area contributed by atoms with Crippen molar-refractivity contribution >= 4 is 12.4 Å². The van der Waals surface area contributed by atoms with Crippen LogP contribution in [0.2, 0.25) is 0 Å². The summed E-state index contributed by atoms with van der Waals surface area (Å²) in [5.41, 5.74) is 5.36. The number of amides is 1. The van der Waals surface area contributed by atoms with E-state index in [0.29, 0.717) is 18.2 Å². The minimum atomic E-state index is -0.572. The standard InChI is InChI=1S/C18H30N2O2.CH2O2/c1-2-16-7-13-8-17(10-16,12-18(22,9-13)11-16)15(21)20-5-3-14(19)4-6-20;2-1-3/h13-14,22H,2-12,19H2,1H3;1H,(H,2,3). The van der Waals surface area contributed by atoms with Gasteiger partial charge in [-0.1, -0.05) is 13.3 Å². The van der Waals surface area contributed by atoms with Crippen molar-refractivity contribution in [1.29, 1.82) is 0 Å². The fraction of sp³-hybridized carbons (Fsp3) is 0.895. The van der Waals surface area contributed by atoms with Gasteiger partial charge in [0, 0.05) is 19.1 Å². The topological polar surface area (TPSA) is 104 Å². The summed E-state index contributed by atoms with van der Waals surface area (Å²) in [4.78, 5) is 23.8. The highest BCUT2D eigenvalue weighted by molar-refractivity contribution is 5.83. The molecule has 0 aromatic carbocycles. The van der Waals surface area contributed by atoms with Crippen LogP contribution in [0.4, 0.5) is 0 Å². The van der Waals surface area contributed by atoms with Gasteiger partial charge in [-0.15, -0.1) is 0 Å². The monoisotopic (exact) mass is 352 g/mol. The van der Waals surface area contributed by atoms with Crippen molar-refractivity contribution in [3.63, 3.8) is 0 Å². The Bertz CT molecular complexity index is 534. The van der Waals surface area contributed by atoms with E-state index in [9.17, 15) is 9.90 Å². The zero-order chi connectivity index (χ0) is 18.3. The van der Waals surface area contributed by atoms with Crippen LogP contribution in [-0.4, -0.2) is 52.2 Å². The van der Waals surface area contributed by atoms with E-state index >= 15 is 0 Å². The number of carboxylic acid groups (broad SMARTS) is 1. The van der Waals surface area contributed by atoms with Crippen LogP contribution in [0, 0.1) is 16.7 Å². The van der Waals surface area contributed by atoms with Crippen molar-refractivity contribution in [3.8, 4) is 0 Å². The van der Waals surface area contributed by atoms with Gasteiger partial charge >= 0.3 is 0 Å². The number of carbonyl (C=O) groups excluding carboxylic acids is 1. The highest BCUT2D eigenvalue weighted by Gasteiger charge is 2.65. The van der Waals surface area contributed by atoms with Gasteiger partial charge in [-0.3, -0.25) is 9.59 Å². The maximum atomic E-state index is 13.3. The molecule has 1 aliphatic heterocycles. The molecule has 4 bridgehead atoms. The normalized spacial score (nSPS) is 42.7. The molecule has 25 heavy (non-hydrogen) atoms. The van der Waals surface area contributed by atoms with Crippen LogP contribution in [0.3, 0.4) is 0 Å². The lowest BCUT2D eigenvalue weighted by atomic mass is 9.42. The molecule has 1 saturated heterocycles. The molecule has 4 N–H and O–H groups in total. The van der Waals surface area contributed by atoms with Gasteiger partial charge in [0.05, 0.1) is 11.0 Å². The molecule has 5 aliphatic rings. The molecule has 5 rings (SSSR count). The van der Waals surface area contributed by atoms with Crippen molar-refractivity contribution in [2.24, 2.45) is 22.5 Å². The molecule has 6 nitrogen and oxygen atoms in total. The molecule has 0 radical (unpaired) electrons. The van der Waals surface area contributed by atoms with Crippen LogP contribution in [0.5, 0.6) is 0 Å². The third kappa shape index (κ3) is 3.31. The number of hydrogen-bond donors (Lipinski definition) is 3. The molecule has 142 valence electrons. The summed E-state index contributed by atoms with van der Waals surface area (Å²) < 4.78 is 0. The number of carbonyl (C=O) groups is 2. The third-order valence-corrected chi connectivity index (χ3v) is 7.19. The van der Waals surface area contributed by atoms with Crippen molar-refractivity contribution in [2.45, 2.75) is 76.4 Å². The summed E-state index contributed by atoms with van der Waals surface area (Å²) in [5.74, 6) is 0.886. The van der Waals surface area contributed by atoms with E-state index in [4.69, 9.17) is 15.6 Å². The number of piperidine rings is 1. The van der Waals surface area contributed by atoms with Crippen molar-refractivity contribution < 1.29 is 19.8 Å². The SMILES string of the molecule is CCC12CC3CC(O)(C1)CC(C(=O)N1CCC(N)CC1)(C3)C2.O=CO. The van der Waals surface area contributed by atoms with E-state index in [0.717, 1.165) is 58.0 Å². The predicted molar refractivity (Wildman–Crippen MR) is 93.8 cm³/mol. The molecule has 5 fully saturated rings. The Hall–Kier alpha value is -1.14. The summed E-state index contributed by atoms with van der Waals surface area (Å²) in [5, 5.41) is 18.0. The lowest BCUT2D eigenvalue weighted by Gasteiger charge is -2.65. The maximum Gasteiger partial charge on any atom is 0.290 e. The zero-order valence-electron chi connectivity index (χ0n) is 15.2. The first-order valence-electron chi connectivity index (χ1n) is 9.64. The largest absolute Gasteiger partial charge is 0.483 e. The molecule has 4 aliphatic carbocycles. The van der Waals surface area contributed by atoms with Gasteiger partial charge in [0.25, 0.3) is 6.47 Å². The molecule has 0 spiro atoms. The molecule has 1 amide bonds.